The van der Waals surface area contributed by atoms with E-state index in [1.807, 2.05) is 20.8 Å². The fourth-order valence-electron chi connectivity index (χ4n) is 2.33. The third kappa shape index (κ3) is 2.56. The molecule has 1 aromatic heterocycles. The standard InChI is InChI=1S/C13H18F2N2/c1-9(2)7-17-8-13(14,15)6-11-10(3)4-5-16-12(11)17/h4-5,9H,6-8H2,1-3H3. The van der Waals surface area contributed by atoms with E-state index in [1.54, 1.807) is 17.2 Å². The lowest BCUT2D eigenvalue weighted by molar-refractivity contribution is 0.00435. The summed E-state index contributed by atoms with van der Waals surface area (Å²) in [6, 6.07) is 1.80. The molecule has 0 fully saturated rings. The van der Waals surface area contributed by atoms with Gasteiger partial charge in [-0.05, 0) is 24.5 Å². The third-order valence-corrected chi connectivity index (χ3v) is 3.01. The van der Waals surface area contributed by atoms with Gasteiger partial charge in [0, 0.05) is 24.7 Å². The van der Waals surface area contributed by atoms with Gasteiger partial charge in [0.15, 0.2) is 0 Å². The molecule has 0 saturated carbocycles. The Bertz CT molecular complexity index is 416. The lowest BCUT2D eigenvalue weighted by Crippen LogP contribution is -2.45. The zero-order valence-corrected chi connectivity index (χ0v) is 10.5. The highest BCUT2D eigenvalue weighted by atomic mass is 19.3. The van der Waals surface area contributed by atoms with Gasteiger partial charge in [-0.1, -0.05) is 13.8 Å². The number of aromatic nitrogens is 1. The largest absolute Gasteiger partial charge is 0.350 e. The second-order valence-corrected chi connectivity index (χ2v) is 5.24. The van der Waals surface area contributed by atoms with Gasteiger partial charge in [-0.2, -0.15) is 0 Å². The highest BCUT2D eigenvalue weighted by Crippen LogP contribution is 2.35. The van der Waals surface area contributed by atoms with Gasteiger partial charge in [0.2, 0.25) is 0 Å². The molecule has 0 aromatic carbocycles. The normalized spacial score (nSPS) is 18.4. The number of hydrogen-bond acceptors (Lipinski definition) is 2. The molecule has 4 heteroatoms. The topological polar surface area (TPSA) is 16.1 Å². The number of rotatable bonds is 2. The predicted molar refractivity (Wildman–Crippen MR) is 64.7 cm³/mol. The molecule has 2 heterocycles. The summed E-state index contributed by atoms with van der Waals surface area (Å²) in [5.74, 6) is -1.56. The van der Waals surface area contributed by atoms with E-state index in [1.165, 1.54) is 0 Å². The first-order valence-corrected chi connectivity index (χ1v) is 5.96. The molecule has 0 spiro atoms. The number of pyridine rings is 1. The van der Waals surface area contributed by atoms with Crippen molar-refractivity contribution in [1.82, 2.24) is 4.98 Å². The summed E-state index contributed by atoms with van der Waals surface area (Å²) in [4.78, 5) is 5.99. The number of nitrogens with zero attached hydrogens (tertiary/aromatic N) is 2. The maximum Gasteiger partial charge on any atom is 0.269 e. The first-order valence-electron chi connectivity index (χ1n) is 5.96. The molecule has 94 valence electrons. The summed E-state index contributed by atoms with van der Waals surface area (Å²) in [7, 11) is 0. The number of fused-ring (bicyclic) bond motifs is 1. The van der Waals surface area contributed by atoms with Crippen molar-refractivity contribution in [2.45, 2.75) is 33.1 Å². The van der Waals surface area contributed by atoms with Crippen LogP contribution in [0.2, 0.25) is 0 Å². The molecule has 1 aliphatic rings. The lowest BCUT2D eigenvalue weighted by atomic mass is 9.97. The Hall–Kier alpha value is -1.19. The van der Waals surface area contributed by atoms with Crippen LogP contribution in [0.5, 0.6) is 0 Å². The molecular weight excluding hydrogens is 222 g/mol. The first kappa shape index (κ1) is 12.3. The summed E-state index contributed by atoms with van der Waals surface area (Å²) in [5, 5.41) is 0. The van der Waals surface area contributed by atoms with Gasteiger partial charge in [0.1, 0.15) is 5.82 Å². The molecule has 0 N–H and O–H groups in total. The average Bonchev–Trinajstić information content (AvgIpc) is 2.17. The summed E-state index contributed by atoms with van der Waals surface area (Å²) in [6.45, 7) is 6.34. The third-order valence-electron chi connectivity index (χ3n) is 3.01. The van der Waals surface area contributed by atoms with Crippen LogP contribution in [0.4, 0.5) is 14.6 Å². The van der Waals surface area contributed by atoms with Crippen molar-refractivity contribution in [3.8, 4) is 0 Å². The molecule has 0 radical (unpaired) electrons. The van der Waals surface area contributed by atoms with Crippen LogP contribution in [-0.4, -0.2) is 24.0 Å². The van der Waals surface area contributed by atoms with E-state index >= 15 is 0 Å². The van der Waals surface area contributed by atoms with E-state index in [2.05, 4.69) is 4.98 Å². The molecule has 0 amide bonds. The number of alkyl halides is 2. The maximum atomic E-state index is 13.7. The van der Waals surface area contributed by atoms with E-state index in [4.69, 9.17) is 0 Å². The zero-order chi connectivity index (χ0) is 12.6. The van der Waals surface area contributed by atoms with Gasteiger partial charge in [-0.15, -0.1) is 0 Å². The smallest absolute Gasteiger partial charge is 0.269 e. The Balaban J connectivity index is 2.40. The van der Waals surface area contributed by atoms with Crippen LogP contribution in [0.3, 0.4) is 0 Å². The molecule has 17 heavy (non-hydrogen) atoms. The molecule has 0 saturated heterocycles. The Morgan fingerprint density at radius 2 is 2.18 bits per heavy atom. The van der Waals surface area contributed by atoms with Crippen molar-refractivity contribution in [3.05, 3.63) is 23.4 Å². The molecule has 0 aliphatic carbocycles. The van der Waals surface area contributed by atoms with Crippen molar-refractivity contribution in [3.63, 3.8) is 0 Å². The van der Waals surface area contributed by atoms with Crippen molar-refractivity contribution in [1.29, 1.82) is 0 Å². The van der Waals surface area contributed by atoms with Crippen LogP contribution < -0.4 is 4.90 Å². The molecule has 2 rings (SSSR count). The fourth-order valence-corrected chi connectivity index (χ4v) is 2.33. The minimum atomic E-state index is -2.64. The summed E-state index contributed by atoms with van der Waals surface area (Å²) in [6.07, 6.45) is 1.52. The van der Waals surface area contributed by atoms with E-state index in [-0.39, 0.29) is 13.0 Å². The average molecular weight is 240 g/mol. The van der Waals surface area contributed by atoms with Gasteiger partial charge in [0.25, 0.3) is 5.92 Å². The van der Waals surface area contributed by atoms with Crippen LogP contribution in [0.15, 0.2) is 12.3 Å². The molecule has 0 bridgehead atoms. The summed E-state index contributed by atoms with van der Waals surface area (Å²) in [5.41, 5.74) is 1.60. The second-order valence-electron chi connectivity index (χ2n) is 5.24. The van der Waals surface area contributed by atoms with Crippen molar-refractivity contribution >= 4 is 5.82 Å². The van der Waals surface area contributed by atoms with Gasteiger partial charge in [-0.3, -0.25) is 0 Å². The minimum Gasteiger partial charge on any atom is -0.350 e. The van der Waals surface area contributed by atoms with Crippen molar-refractivity contribution in [2.24, 2.45) is 5.92 Å². The minimum absolute atomic E-state index is 0.184. The van der Waals surface area contributed by atoms with Gasteiger partial charge in [0.05, 0.1) is 6.54 Å². The molecule has 0 atom stereocenters. The molecule has 0 unspecified atom stereocenters. The predicted octanol–water partition coefficient (Wildman–Crippen LogP) is 3.04. The van der Waals surface area contributed by atoms with Crippen molar-refractivity contribution < 1.29 is 8.78 Å². The number of halogens is 2. The Labute approximate surface area is 101 Å². The Morgan fingerprint density at radius 1 is 1.47 bits per heavy atom. The lowest BCUT2D eigenvalue weighted by Gasteiger charge is -2.36. The van der Waals surface area contributed by atoms with E-state index < -0.39 is 5.92 Å². The van der Waals surface area contributed by atoms with Gasteiger partial charge < -0.3 is 4.90 Å². The van der Waals surface area contributed by atoms with Crippen LogP contribution in [0, 0.1) is 12.8 Å². The van der Waals surface area contributed by atoms with E-state index in [9.17, 15) is 8.78 Å². The van der Waals surface area contributed by atoms with Gasteiger partial charge >= 0.3 is 0 Å². The summed E-state index contributed by atoms with van der Waals surface area (Å²) < 4.78 is 27.4. The zero-order valence-electron chi connectivity index (χ0n) is 10.5. The molecule has 1 aliphatic heterocycles. The second kappa shape index (κ2) is 4.24. The van der Waals surface area contributed by atoms with Crippen LogP contribution >= 0.6 is 0 Å². The van der Waals surface area contributed by atoms with E-state index in [0.29, 0.717) is 18.0 Å². The quantitative estimate of drug-likeness (QED) is 0.790. The molecule has 1 aromatic rings. The first-order chi connectivity index (χ1) is 7.89. The van der Waals surface area contributed by atoms with Crippen LogP contribution in [0.1, 0.15) is 25.0 Å². The Kier molecular flexibility index (Phi) is 3.06. The van der Waals surface area contributed by atoms with Crippen LogP contribution in [-0.2, 0) is 6.42 Å². The highest BCUT2D eigenvalue weighted by molar-refractivity contribution is 5.53. The summed E-state index contributed by atoms with van der Waals surface area (Å²) >= 11 is 0. The maximum absolute atomic E-state index is 13.7. The van der Waals surface area contributed by atoms with Gasteiger partial charge in [-0.25, -0.2) is 13.8 Å². The van der Waals surface area contributed by atoms with Crippen molar-refractivity contribution in [2.75, 3.05) is 18.0 Å². The molecule has 2 nitrogen and oxygen atoms in total. The van der Waals surface area contributed by atoms with Crippen LogP contribution in [0.25, 0.3) is 0 Å². The fraction of sp³-hybridized carbons (Fsp3) is 0.615. The number of hydrogen-bond donors (Lipinski definition) is 0. The SMILES string of the molecule is Cc1ccnc2c1CC(F)(F)CN2CC(C)C. The highest BCUT2D eigenvalue weighted by Gasteiger charge is 2.39. The monoisotopic (exact) mass is 240 g/mol. The number of anilines is 1. The Morgan fingerprint density at radius 3 is 2.82 bits per heavy atom. The van der Waals surface area contributed by atoms with E-state index in [0.717, 1.165) is 11.4 Å². The number of aryl methyl sites for hydroxylation is 1. The molecular formula is C13H18F2N2.